The summed E-state index contributed by atoms with van der Waals surface area (Å²) in [5.74, 6) is 0.198. The molecule has 1 rings (SSSR count). The van der Waals surface area contributed by atoms with E-state index in [4.69, 9.17) is 15.2 Å². The van der Waals surface area contributed by atoms with E-state index >= 15 is 0 Å². The Kier molecular flexibility index (Phi) is 6.13. The molecule has 5 nitrogen and oxygen atoms in total. The van der Waals surface area contributed by atoms with Crippen molar-refractivity contribution in [2.24, 2.45) is 0 Å². The van der Waals surface area contributed by atoms with Crippen LogP contribution in [0.4, 0.5) is 10.7 Å². The maximum absolute atomic E-state index is 11.9. The Morgan fingerprint density at radius 3 is 2.55 bits per heavy atom. The molecule has 2 N–H and O–H groups in total. The minimum atomic E-state index is -0.389. The summed E-state index contributed by atoms with van der Waals surface area (Å²) in [5, 5.41) is 0.876. The van der Waals surface area contributed by atoms with Gasteiger partial charge in [-0.25, -0.2) is 4.79 Å². The second-order valence-corrected chi connectivity index (χ2v) is 5.79. The molecule has 0 unspecified atom stereocenters. The molecule has 114 valence electrons. The second kappa shape index (κ2) is 7.38. The van der Waals surface area contributed by atoms with Crippen LogP contribution in [0.25, 0.3) is 0 Å². The lowest BCUT2D eigenvalue weighted by Gasteiger charge is -2.19. The summed E-state index contributed by atoms with van der Waals surface area (Å²) in [6.45, 7) is 8.95. The summed E-state index contributed by atoms with van der Waals surface area (Å²) in [6, 6.07) is 0. The van der Waals surface area contributed by atoms with Crippen LogP contribution in [0, 0.1) is 0 Å². The van der Waals surface area contributed by atoms with Crippen molar-refractivity contribution in [1.82, 2.24) is 0 Å². The third-order valence-electron chi connectivity index (χ3n) is 2.60. The van der Waals surface area contributed by atoms with Crippen LogP contribution in [-0.4, -0.2) is 32.3 Å². The zero-order chi connectivity index (χ0) is 15.3. The molecule has 0 saturated carbocycles. The van der Waals surface area contributed by atoms with Crippen molar-refractivity contribution in [2.45, 2.75) is 40.2 Å². The highest BCUT2D eigenvalue weighted by Gasteiger charge is 2.25. The minimum absolute atomic E-state index is 0.00396. The smallest absolute Gasteiger partial charge is 0.350 e. The predicted molar refractivity (Wildman–Crippen MR) is 84.0 cm³/mol. The molecule has 0 radical (unpaired) electrons. The molecule has 0 amide bonds. The van der Waals surface area contributed by atoms with Gasteiger partial charge in [0.15, 0.2) is 5.75 Å². The first-order valence-electron chi connectivity index (χ1n) is 6.89. The third-order valence-corrected chi connectivity index (χ3v) is 3.88. The van der Waals surface area contributed by atoms with Gasteiger partial charge in [-0.3, -0.25) is 0 Å². The molecule has 0 aromatic carbocycles. The van der Waals surface area contributed by atoms with Crippen molar-refractivity contribution < 1.29 is 14.3 Å². The van der Waals surface area contributed by atoms with Crippen molar-refractivity contribution in [3.63, 3.8) is 0 Å². The molecule has 0 saturated heterocycles. The summed E-state index contributed by atoms with van der Waals surface area (Å²) < 4.78 is 10.8. The lowest BCUT2D eigenvalue weighted by Crippen LogP contribution is -2.18. The fraction of sp³-hybridized carbons (Fsp3) is 0.643. The van der Waals surface area contributed by atoms with Crippen molar-refractivity contribution in [3.05, 3.63) is 4.88 Å². The molecule has 0 aliphatic heterocycles. The van der Waals surface area contributed by atoms with Gasteiger partial charge >= 0.3 is 5.97 Å². The highest BCUT2D eigenvalue weighted by Crippen LogP contribution is 2.45. The quantitative estimate of drug-likeness (QED) is 0.784. The number of hydrogen-bond donors (Lipinski definition) is 1. The summed E-state index contributed by atoms with van der Waals surface area (Å²) in [5.41, 5.74) is 6.45. The van der Waals surface area contributed by atoms with Crippen molar-refractivity contribution in [2.75, 3.05) is 30.8 Å². The number of nitrogen functional groups attached to an aromatic ring is 1. The summed E-state index contributed by atoms with van der Waals surface area (Å²) in [7, 11) is 1.97. The lowest BCUT2D eigenvalue weighted by molar-refractivity contribution is 0.0533. The number of carbonyl (C=O) groups excluding carboxylic acids is 1. The Hall–Kier alpha value is -1.43. The number of esters is 1. The molecule has 0 atom stereocenters. The Balaban J connectivity index is 3.19. The molecule has 0 spiro atoms. The van der Waals surface area contributed by atoms with Crippen LogP contribution in [0.2, 0.25) is 0 Å². The van der Waals surface area contributed by atoms with Gasteiger partial charge in [0.1, 0.15) is 15.6 Å². The fourth-order valence-electron chi connectivity index (χ4n) is 1.80. The van der Waals surface area contributed by atoms with Crippen LogP contribution >= 0.6 is 11.3 Å². The molecule has 20 heavy (non-hydrogen) atoms. The first kappa shape index (κ1) is 16.6. The predicted octanol–water partition coefficient (Wildman–Crippen LogP) is 3.14. The monoisotopic (exact) mass is 300 g/mol. The van der Waals surface area contributed by atoms with E-state index in [1.807, 2.05) is 20.9 Å². The maximum atomic E-state index is 11.9. The van der Waals surface area contributed by atoms with Crippen LogP contribution in [-0.2, 0) is 4.74 Å². The van der Waals surface area contributed by atoms with E-state index in [1.54, 1.807) is 6.92 Å². The number of rotatable bonds is 7. The number of thiophene rings is 1. The number of ether oxygens (including phenoxy) is 2. The van der Waals surface area contributed by atoms with Crippen LogP contribution < -0.4 is 15.4 Å². The van der Waals surface area contributed by atoms with Gasteiger partial charge in [0.2, 0.25) is 0 Å². The van der Waals surface area contributed by atoms with Gasteiger partial charge in [-0.05, 0) is 27.2 Å². The van der Waals surface area contributed by atoms with Gasteiger partial charge in [0.25, 0.3) is 0 Å². The van der Waals surface area contributed by atoms with E-state index in [-0.39, 0.29) is 12.1 Å². The Morgan fingerprint density at radius 2 is 2.05 bits per heavy atom. The van der Waals surface area contributed by atoms with Gasteiger partial charge in [-0.2, -0.15) is 0 Å². The molecular formula is C14H24N2O3S. The molecule has 0 aliphatic carbocycles. The molecule has 0 fully saturated rings. The summed E-state index contributed by atoms with van der Waals surface area (Å²) >= 11 is 1.33. The number of nitrogens with zero attached hydrogens (tertiary/aromatic N) is 1. The van der Waals surface area contributed by atoms with Crippen molar-refractivity contribution >= 4 is 28.0 Å². The van der Waals surface area contributed by atoms with E-state index < -0.39 is 0 Å². The van der Waals surface area contributed by atoms with Gasteiger partial charge in [-0.15, -0.1) is 11.3 Å². The normalized spacial score (nSPS) is 10.7. The zero-order valence-corrected chi connectivity index (χ0v) is 13.7. The SMILES string of the molecule is CCCN(C)c1sc(C(=O)OCC)c(N)c1OC(C)C. The Labute approximate surface area is 124 Å². The minimum Gasteiger partial charge on any atom is -0.486 e. The lowest BCUT2D eigenvalue weighted by atomic mass is 10.3. The zero-order valence-electron chi connectivity index (χ0n) is 12.9. The van der Waals surface area contributed by atoms with Crippen LogP contribution in [0.3, 0.4) is 0 Å². The van der Waals surface area contributed by atoms with Crippen LogP contribution in [0.15, 0.2) is 0 Å². The van der Waals surface area contributed by atoms with Gasteiger partial charge in [0.05, 0.1) is 12.7 Å². The third kappa shape index (κ3) is 3.79. The van der Waals surface area contributed by atoms with E-state index in [0.29, 0.717) is 22.9 Å². The second-order valence-electron chi connectivity index (χ2n) is 4.79. The van der Waals surface area contributed by atoms with E-state index in [9.17, 15) is 4.79 Å². The average molecular weight is 300 g/mol. The number of nitrogens with two attached hydrogens (primary N) is 1. The van der Waals surface area contributed by atoms with Gasteiger partial charge in [0, 0.05) is 13.6 Å². The Bertz CT molecular complexity index is 458. The van der Waals surface area contributed by atoms with E-state index in [0.717, 1.165) is 18.0 Å². The Morgan fingerprint density at radius 1 is 1.40 bits per heavy atom. The molecule has 0 aliphatic rings. The average Bonchev–Trinajstić information content (AvgIpc) is 2.67. The van der Waals surface area contributed by atoms with Gasteiger partial charge in [-0.1, -0.05) is 6.92 Å². The van der Waals surface area contributed by atoms with Crippen LogP contribution in [0.1, 0.15) is 43.8 Å². The highest BCUT2D eigenvalue weighted by atomic mass is 32.1. The topological polar surface area (TPSA) is 64.8 Å². The van der Waals surface area contributed by atoms with Gasteiger partial charge < -0.3 is 20.1 Å². The molecule has 0 bridgehead atoms. The first-order chi connectivity index (χ1) is 9.42. The van der Waals surface area contributed by atoms with E-state index in [2.05, 4.69) is 11.8 Å². The number of anilines is 2. The maximum Gasteiger partial charge on any atom is 0.350 e. The summed E-state index contributed by atoms with van der Waals surface area (Å²) in [6.07, 6.45) is 1.00. The summed E-state index contributed by atoms with van der Waals surface area (Å²) in [4.78, 5) is 14.4. The molecule has 6 heteroatoms. The van der Waals surface area contributed by atoms with E-state index in [1.165, 1.54) is 11.3 Å². The molecular weight excluding hydrogens is 276 g/mol. The molecule has 1 heterocycles. The largest absolute Gasteiger partial charge is 0.486 e. The number of hydrogen-bond acceptors (Lipinski definition) is 6. The standard InChI is InChI=1S/C14H24N2O3S/c1-6-8-16(5)13-11(19-9(3)4)10(15)12(20-13)14(17)18-7-2/h9H,6-8,15H2,1-5H3. The molecule has 1 aromatic rings. The fourth-order valence-corrected chi connectivity index (χ4v) is 2.84. The van der Waals surface area contributed by atoms with Crippen molar-refractivity contribution in [3.8, 4) is 5.75 Å². The van der Waals surface area contributed by atoms with Crippen LogP contribution in [0.5, 0.6) is 5.75 Å². The highest BCUT2D eigenvalue weighted by molar-refractivity contribution is 7.19. The first-order valence-corrected chi connectivity index (χ1v) is 7.71. The van der Waals surface area contributed by atoms with Crippen molar-refractivity contribution in [1.29, 1.82) is 0 Å². The molecule has 1 aromatic heterocycles. The number of carbonyl (C=O) groups is 1.